The summed E-state index contributed by atoms with van der Waals surface area (Å²) in [6.45, 7) is 0.502. The fraction of sp³-hybridized carbons (Fsp3) is 0.158. The Morgan fingerprint density at radius 2 is 1.88 bits per heavy atom. The van der Waals surface area contributed by atoms with E-state index in [9.17, 15) is 4.79 Å². The van der Waals surface area contributed by atoms with Crippen LogP contribution in [0.1, 0.15) is 12.8 Å². The molecule has 0 spiro atoms. The molecule has 128 valence electrons. The van der Waals surface area contributed by atoms with Crippen molar-refractivity contribution in [1.82, 2.24) is 4.98 Å². The summed E-state index contributed by atoms with van der Waals surface area (Å²) >= 11 is 4.81. The van der Waals surface area contributed by atoms with Gasteiger partial charge < -0.3 is 10.1 Å². The number of hydrogen-bond donors (Lipinski definition) is 1. The summed E-state index contributed by atoms with van der Waals surface area (Å²) in [4.78, 5) is 16.5. The number of ether oxygens (including phenoxy) is 1. The highest BCUT2D eigenvalue weighted by Gasteiger charge is 2.08. The van der Waals surface area contributed by atoms with Crippen LogP contribution >= 0.6 is 27.3 Å². The van der Waals surface area contributed by atoms with Gasteiger partial charge in [-0.1, -0.05) is 46.3 Å². The van der Waals surface area contributed by atoms with Crippen LogP contribution in [-0.2, 0) is 4.79 Å². The van der Waals surface area contributed by atoms with Crippen LogP contribution in [0.2, 0.25) is 0 Å². The minimum atomic E-state index is -0.0478. The first-order valence-electron chi connectivity index (χ1n) is 7.90. The third-order valence-electron chi connectivity index (χ3n) is 3.45. The molecule has 1 heterocycles. The van der Waals surface area contributed by atoms with Gasteiger partial charge in [0.1, 0.15) is 5.75 Å². The van der Waals surface area contributed by atoms with E-state index in [0.717, 1.165) is 21.5 Å². The van der Waals surface area contributed by atoms with Gasteiger partial charge in [-0.2, -0.15) is 0 Å². The Bertz CT molecular complexity index is 819. The van der Waals surface area contributed by atoms with Gasteiger partial charge in [0.15, 0.2) is 5.13 Å². The number of halogens is 1. The number of carbonyl (C=O) groups is 1. The van der Waals surface area contributed by atoms with Gasteiger partial charge in [-0.15, -0.1) is 11.3 Å². The summed E-state index contributed by atoms with van der Waals surface area (Å²) in [6, 6.07) is 17.5. The van der Waals surface area contributed by atoms with Gasteiger partial charge in [0.25, 0.3) is 0 Å². The molecular formula is C19H17BrN2O2S. The van der Waals surface area contributed by atoms with Crippen LogP contribution in [0.3, 0.4) is 0 Å². The standard InChI is InChI=1S/C19H17BrN2O2S/c20-15-8-10-16(11-9-15)24-12-4-7-18(23)22-19-21-17(13-25-19)14-5-2-1-3-6-14/h1-3,5-6,8-11,13H,4,7,12H2,(H,21,22,23). The van der Waals surface area contributed by atoms with E-state index in [4.69, 9.17) is 4.74 Å². The molecule has 3 aromatic rings. The molecule has 0 aliphatic heterocycles. The zero-order valence-electron chi connectivity index (χ0n) is 13.4. The molecule has 0 saturated heterocycles. The molecule has 25 heavy (non-hydrogen) atoms. The predicted octanol–water partition coefficient (Wildman–Crippen LogP) is 5.37. The van der Waals surface area contributed by atoms with Gasteiger partial charge in [0.2, 0.25) is 5.91 Å². The largest absolute Gasteiger partial charge is 0.494 e. The number of aromatic nitrogens is 1. The summed E-state index contributed by atoms with van der Waals surface area (Å²) in [5.74, 6) is 0.754. The molecule has 3 rings (SSSR count). The average molecular weight is 417 g/mol. The third kappa shape index (κ3) is 5.41. The Balaban J connectivity index is 1.42. The lowest BCUT2D eigenvalue weighted by Crippen LogP contribution is -2.12. The summed E-state index contributed by atoms with van der Waals surface area (Å²) in [5, 5.41) is 5.41. The monoisotopic (exact) mass is 416 g/mol. The minimum Gasteiger partial charge on any atom is -0.494 e. The highest BCUT2D eigenvalue weighted by atomic mass is 79.9. The number of nitrogens with one attached hydrogen (secondary N) is 1. The van der Waals surface area contributed by atoms with Crippen LogP contribution in [0, 0.1) is 0 Å². The summed E-state index contributed by atoms with van der Waals surface area (Å²) in [7, 11) is 0. The maximum Gasteiger partial charge on any atom is 0.226 e. The Morgan fingerprint density at radius 1 is 1.12 bits per heavy atom. The van der Waals surface area contributed by atoms with Crippen molar-refractivity contribution in [1.29, 1.82) is 0 Å². The molecule has 1 amide bonds. The highest BCUT2D eigenvalue weighted by Crippen LogP contribution is 2.24. The minimum absolute atomic E-state index is 0.0478. The van der Waals surface area contributed by atoms with Gasteiger partial charge in [0.05, 0.1) is 12.3 Å². The molecule has 0 saturated carbocycles. The average Bonchev–Trinajstić information content (AvgIpc) is 3.09. The van der Waals surface area contributed by atoms with Gasteiger partial charge in [-0.05, 0) is 30.7 Å². The molecule has 6 heteroatoms. The molecule has 0 bridgehead atoms. The number of thiazole rings is 1. The lowest BCUT2D eigenvalue weighted by Gasteiger charge is -2.06. The number of anilines is 1. The van der Waals surface area contributed by atoms with E-state index in [1.165, 1.54) is 11.3 Å². The third-order valence-corrected chi connectivity index (χ3v) is 4.74. The Kier molecular flexibility index (Phi) is 6.19. The van der Waals surface area contributed by atoms with E-state index in [1.54, 1.807) is 0 Å². The Hall–Kier alpha value is -2.18. The summed E-state index contributed by atoms with van der Waals surface area (Å²) in [5.41, 5.74) is 1.92. The molecule has 0 aliphatic rings. The first kappa shape index (κ1) is 17.6. The summed E-state index contributed by atoms with van der Waals surface area (Å²) in [6.07, 6.45) is 1.05. The van der Waals surface area contributed by atoms with Gasteiger partial charge in [-0.3, -0.25) is 4.79 Å². The lowest BCUT2D eigenvalue weighted by molar-refractivity contribution is -0.116. The van der Waals surface area contributed by atoms with E-state index in [1.807, 2.05) is 60.0 Å². The molecule has 0 aliphatic carbocycles. The number of carbonyl (C=O) groups excluding carboxylic acids is 1. The molecule has 0 radical (unpaired) electrons. The molecule has 1 aromatic heterocycles. The fourth-order valence-corrected chi connectivity index (χ4v) is 3.21. The molecule has 0 fully saturated rings. The van der Waals surface area contributed by atoms with Crippen LogP contribution in [0.5, 0.6) is 5.75 Å². The summed E-state index contributed by atoms with van der Waals surface area (Å²) < 4.78 is 6.62. The molecule has 1 N–H and O–H groups in total. The van der Waals surface area contributed by atoms with Crippen molar-refractivity contribution in [2.45, 2.75) is 12.8 Å². The van der Waals surface area contributed by atoms with E-state index >= 15 is 0 Å². The molecule has 2 aromatic carbocycles. The Morgan fingerprint density at radius 3 is 2.64 bits per heavy atom. The number of benzene rings is 2. The van der Waals surface area contributed by atoms with Crippen molar-refractivity contribution in [3.05, 3.63) is 64.5 Å². The van der Waals surface area contributed by atoms with Crippen molar-refractivity contribution in [3.63, 3.8) is 0 Å². The van der Waals surface area contributed by atoms with Crippen molar-refractivity contribution in [2.75, 3.05) is 11.9 Å². The second-order valence-corrected chi connectivity index (χ2v) is 7.13. The van der Waals surface area contributed by atoms with Gasteiger partial charge >= 0.3 is 0 Å². The van der Waals surface area contributed by atoms with Gasteiger partial charge in [0, 0.05) is 21.8 Å². The van der Waals surface area contributed by atoms with Crippen molar-refractivity contribution in [2.24, 2.45) is 0 Å². The highest BCUT2D eigenvalue weighted by molar-refractivity contribution is 9.10. The van der Waals surface area contributed by atoms with Crippen LogP contribution < -0.4 is 10.1 Å². The normalized spacial score (nSPS) is 10.4. The van der Waals surface area contributed by atoms with Crippen LogP contribution in [-0.4, -0.2) is 17.5 Å². The molecular weight excluding hydrogens is 400 g/mol. The lowest BCUT2D eigenvalue weighted by atomic mass is 10.2. The van der Waals surface area contributed by atoms with E-state index < -0.39 is 0 Å². The van der Waals surface area contributed by atoms with E-state index in [0.29, 0.717) is 24.6 Å². The quantitative estimate of drug-likeness (QED) is 0.526. The fourth-order valence-electron chi connectivity index (χ4n) is 2.21. The maximum atomic E-state index is 12.0. The topological polar surface area (TPSA) is 51.2 Å². The number of rotatable bonds is 7. The van der Waals surface area contributed by atoms with Crippen molar-refractivity contribution in [3.8, 4) is 17.0 Å². The number of amides is 1. The Labute approximate surface area is 159 Å². The van der Waals surface area contributed by atoms with Gasteiger partial charge in [-0.25, -0.2) is 4.98 Å². The SMILES string of the molecule is O=C(CCCOc1ccc(Br)cc1)Nc1nc(-c2ccccc2)cs1. The zero-order valence-corrected chi connectivity index (χ0v) is 15.8. The number of nitrogens with zero attached hydrogens (tertiary/aromatic N) is 1. The molecule has 4 nitrogen and oxygen atoms in total. The second kappa shape index (κ2) is 8.78. The predicted molar refractivity (Wildman–Crippen MR) is 105 cm³/mol. The van der Waals surface area contributed by atoms with Crippen molar-refractivity contribution < 1.29 is 9.53 Å². The van der Waals surface area contributed by atoms with Crippen LogP contribution in [0.25, 0.3) is 11.3 Å². The maximum absolute atomic E-state index is 12.0. The molecule has 0 unspecified atom stereocenters. The second-order valence-electron chi connectivity index (χ2n) is 5.36. The van der Waals surface area contributed by atoms with Crippen LogP contribution in [0.4, 0.5) is 5.13 Å². The van der Waals surface area contributed by atoms with Crippen LogP contribution in [0.15, 0.2) is 64.5 Å². The molecule has 0 atom stereocenters. The number of hydrogen-bond acceptors (Lipinski definition) is 4. The first-order valence-corrected chi connectivity index (χ1v) is 9.57. The van der Waals surface area contributed by atoms with E-state index in [-0.39, 0.29) is 5.91 Å². The van der Waals surface area contributed by atoms with Crippen molar-refractivity contribution >= 4 is 38.3 Å². The zero-order chi connectivity index (χ0) is 17.5. The first-order chi connectivity index (χ1) is 12.2. The smallest absolute Gasteiger partial charge is 0.226 e. The van der Waals surface area contributed by atoms with E-state index in [2.05, 4.69) is 26.2 Å².